The van der Waals surface area contributed by atoms with Crippen LogP contribution in [0.3, 0.4) is 0 Å². The van der Waals surface area contributed by atoms with Gasteiger partial charge in [0.25, 0.3) is 0 Å². The van der Waals surface area contributed by atoms with Crippen LogP contribution >= 0.6 is 0 Å². The Labute approximate surface area is 104 Å². The molecule has 2 rings (SSSR count). The molecule has 0 aliphatic rings. The highest BCUT2D eigenvalue weighted by molar-refractivity contribution is 5.24. The van der Waals surface area contributed by atoms with Gasteiger partial charge in [-0.25, -0.2) is 8.78 Å². The van der Waals surface area contributed by atoms with Crippen molar-refractivity contribution in [3.63, 3.8) is 0 Å². The van der Waals surface area contributed by atoms with Crippen molar-refractivity contribution in [2.75, 3.05) is 0 Å². The second kappa shape index (κ2) is 5.23. The molecule has 1 aromatic heterocycles. The lowest BCUT2D eigenvalue weighted by molar-refractivity contribution is 0.171. The van der Waals surface area contributed by atoms with Crippen molar-refractivity contribution in [3.8, 4) is 0 Å². The number of aliphatic hydroxyl groups excluding tert-OH is 1. The van der Waals surface area contributed by atoms with Crippen LogP contribution in [0.15, 0.2) is 36.5 Å². The molecule has 1 aromatic carbocycles. The minimum atomic E-state index is -0.897. The molecule has 1 atom stereocenters. The zero-order chi connectivity index (χ0) is 13.1. The molecule has 4 heteroatoms. The second-order valence-electron chi connectivity index (χ2n) is 4.16. The highest BCUT2D eigenvalue weighted by atomic mass is 19.1. The summed E-state index contributed by atoms with van der Waals surface area (Å²) in [5.74, 6) is -1.28. The smallest absolute Gasteiger partial charge is 0.129 e. The molecule has 0 fully saturated rings. The average Bonchev–Trinajstić information content (AvgIpc) is 2.33. The maximum Gasteiger partial charge on any atom is 0.129 e. The number of hydrogen-bond donors (Lipinski definition) is 1. The molecule has 0 aliphatic carbocycles. The van der Waals surface area contributed by atoms with E-state index in [0.717, 1.165) is 11.6 Å². The van der Waals surface area contributed by atoms with E-state index in [9.17, 15) is 13.9 Å². The summed E-state index contributed by atoms with van der Waals surface area (Å²) in [6.07, 6.45) is 0.752. The summed E-state index contributed by atoms with van der Waals surface area (Å²) in [4.78, 5) is 4.08. The molecule has 0 aliphatic heterocycles. The van der Waals surface area contributed by atoms with Gasteiger partial charge in [0.1, 0.15) is 17.7 Å². The number of rotatable bonds is 3. The number of aryl methyl sites for hydroxylation is 1. The van der Waals surface area contributed by atoms with Gasteiger partial charge in [0.15, 0.2) is 0 Å². The first kappa shape index (κ1) is 12.6. The average molecular weight is 249 g/mol. The summed E-state index contributed by atoms with van der Waals surface area (Å²) in [5, 5.41) is 10.0. The second-order valence-corrected chi connectivity index (χ2v) is 4.16. The van der Waals surface area contributed by atoms with Crippen molar-refractivity contribution in [1.82, 2.24) is 4.98 Å². The van der Waals surface area contributed by atoms with E-state index in [2.05, 4.69) is 4.98 Å². The Morgan fingerprint density at radius 2 is 2.06 bits per heavy atom. The van der Waals surface area contributed by atoms with Gasteiger partial charge in [-0.2, -0.15) is 0 Å². The molecule has 1 N–H and O–H groups in total. The van der Waals surface area contributed by atoms with Crippen LogP contribution in [-0.4, -0.2) is 10.1 Å². The first-order chi connectivity index (χ1) is 8.58. The summed E-state index contributed by atoms with van der Waals surface area (Å²) in [5.41, 5.74) is 1.63. The first-order valence-electron chi connectivity index (χ1n) is 5.61. The molecule has 2 nitrogen and oxygen atoms in total. The molecule has 0 radical (unpaired) electrons. The number of nitrogens with zero attached hydrogens (tertiary/aromatic N) is 1. The van der Waals surface area contributed by atoms with Gasteiger partial charge in [0, 0.05) is 18.7 Å². The fourth-order valence-electron chi connectivity index (χ4n) is 1.84. The normalized spacial score (nSPS) is 12.4. The first-order valence-corrected chi connectivity index (χ1v) is 5.61. The zero-order valence-corrected chi connectivity index (χ0v) is 9.90. The van der Waals surface area contributed by atoms with Crippen LogP contribution in [-0.2, 0) is 6.42 Å². The summed E-state index contributed by atoms with van der Waals surface area (Å²) in [6.45, 7) is 1.83. The minimum absolute atomic E-state index is 0.0734. The molecular formula is C14H13F2NO. The van der Waals surface area contributed by atoms with Crippen LogP contribution in [0.25, 0.3) is 0 Å². The lowest BCUT2D eigenvalue weighted by Crippen LogP contribution is -2.07. The number of pyridine rings is 1. The van der Waals surface area contributed by atoms with E-state index < -0.39 is 17.7 Å². The van der Waals surface area contributed by atoms with Crippen LogP contribution in [0, 0.1) is 18.6 Å². The highest BCUT2D eigenvalue weighted by Gasteiger charge is 2.15. The van der Waals surface area contributed by atoms with Crippen molar-refractivity contribution < 1.29 is 13.9 Å². The SMILES string of the molecule is Cc1cccnc1C(O)Cc1ccc(F)cc1F. The molecule has 0 saturated heterocycles. The van der Waals surface area contributed by atoms with Crippen molar-refractivity contribution in [1.29, 1.82) is 0 Å². The van der Waals surface area contributed by atoms with Crippen LogP contribution in [0.1, 0.15) is 22.9 Å². The third kappa shape index (κ3) is 2.71. The van der Waals surface area contributed by atoms with Crippen molar-refractivity contribution in [2.24, 2.45) is 0 Å². The minimum Gasteiger partial charge on any atom is -0.386 e. The van der Waals surface area contributed by atoms with E-state index in [0.29, 0.717) is 5.69 Å². The van der Waals surface area contributed by atoms with E-state index in [1.807, 2.05) is 13.0 Å². The molecule has 1 heterocycles. The molecule has 1 unspecified atom stereocenters. The van der Waals surface area contributed by atoms with Gasteiger partial charge in [-0.15, -0.1) is 0 Å². The van der Waals surface area contributed by atoms with Gasteiger partial charge >= 0.3 is 0 Å². The van der Waals surface area contributed by atoms with Gasteiger partial charge in [-0.1, -0.05) is 12.1 Å². The van der Waals surface area contributed by atoms with E-state index >= 15 is 0 Å². The topological polar surface area (TPSA) is 33.1 Å². The van der Waals surface area contributed by atoms with Crippen molar-refractivity contribution >= 4 is 0 Å². The predicted octanol–water partition coefficient (Wildman–Crippen LogP) is 2.94. The molecule has 0 bridgehead atoms. The number of aliphatic hydroxyl groups is 1. The molecule has 2 aromatic rings. The van der Waals surface area contributed by atoms with Crippen molar-refractivity contribution in [3.05, 3.63) is 65.0 Å². The molecule has 0 spiro atoms. The lowest BCUT2D eigenvalue weighted by atomic mass is 10.0. The number of halogens is 2. The van der Waals surface area contributed by atoms with Crippen LogP contribution < -0.4 is 0 Å². The molecule has 0 saturated carbocycles. The Kier molecular flexibility index (Phi) is 3.67. The van der Waals surface area contributed by atoms with Gasteiger partial charge in [-0.05, 0) is 30.2 Å². The Morgan fingerprint density at radius 1 is 1.28 bits per heavy atom. The number of aromatic nitrogens is 1. The fraction of sp³-hybridized carbons (Fsp3) is 0.214. The highest BCUT2D eigenvalue weighted by Crippen LogP contribution is 2.21. The largest absolute Gasteiger partial charge is 0.386 e. The van der Waals surface area contributed by atoms with Gasteiger partial charge < -0.3 is 5.11 Å². The standard InChI is InChI=1S/C14H13F2NO/c1-9-3-2-6-17-14(9)13(18)7-10-4-5-11(15)8-12(10)16/h2-6,8,13,18H,7H2,1H3. The fourth-order valence-corrected chi connectivity index (χ4v) is 1.84. The molecule has 18 heavy (non-hydrogen) atoms. The van der Waals surface area contributed by atoms with Crippen molar-refractivity contribution in [2.45, 2.75) is 19.4 Å². The Bertz CT molecular complexity index is 557. The summed E-state index contributed by atoms with van der Waals surface area (Å²) < 4.78 is 26.2. The van der Waals surface area contributed by atoms with Gasteiger partial charge in [0.2, 0.25) is 0 Å². The number of benzene rings is 1. The summed E-state index contributed by atoms with van der Waals surface area (Å²) in [7, 11) is 0. The zero-order valence-electron chi connectivity index (χ0n) is 9.90. The van der Waals surface area contributed by atoms with E-state index in [-0.39, 0.29) is 12.0 Å². The Morgan fingerprint density at radius 3 is 2.72 bits per heavy atom. The Hall–Kier alpha value is -1.81. The summed E-state index contributed by atoms with van der Waals surface area (Å²) >= 11 is 0. The lowest BCUT2D eigenvalue weighted by Gasteiger charge is -2.13. The third-order valence-electron chi connectivity index (χ3n) is 2.79. The predicted molar refractivity (Wildman–Crippen MR) is 64.0 cm³/mol. The maximum absolute atomic E-state index is 13.5. The maximum atomic E-state index is 13.5. The summed E-state index contributed by atoms with van der Waals surface area (Å²) in [6, 6.07) is 6.92. The van der Waals surface area contributed by atoms with Crippen LogP contribution in [0.4, 0.5) is 8.78 Å². The third-order valence-corrected chi connectivity index (χ3v) is 2.79. The molecule has 0 amide bonds. The van der Waals surface area contributed by atoms with Crippen LogP contribution in [0.2, 0.25) is 0 Å². The van der Waals surface area contributed by atoms with Gasteiger partial charge in [-0.3, -0.25) is 4.98 Å². The van der Waals surface area contributed by atoms with Crippen LogP contribution in [0.5, 0.6) is 0 Å². The number of hydrogen-bond acceptors (Lipinski definition) is 2. The quantitative estimate of drug-likeness (QED) is 0.907. The Balaban J connectivity index is 2.21. The van der Waals surface area contributed by atoms with Gasteiger partial charge in [0.05, 0.1) is 5.69 Å². The molecular weight excluding hydrogens is 236 g/mol. The van der Waals surface area contributed by atoms with E-state index in [1.54, 1.807) is 12.3 Å². The van der Waals surface area contributed by atoms with E-state index in [1.165, 1.54) is 12.1 Å². The molecule has 94 valence electrons. The monoisotopic (exact) mass is 249 g/mol. The van der Waals surface area contributed by atoms with E-state index in [4.69, 9.17) is 0 Å².